The highest BCUT2D eigenvalue weighted by atomic mass is 79.9. The van der Waals surface area contributed by atoms with Crippen LogP contribution in [0.4, 0.5) is 4.39 Å². The van der Waals surface area contributed by atoms with E-state index in [0.29, 0.717) is 15.6 Å². The van der Waals surface area contributed by atoms with E-state index < -0.39 is 5.82 Å². The molecule has 0 unspecified atom stereocenters. The molecule has 0 fully saturated rings. The lowest BCUT2D eigenvalue weighted by Gasteiger charge is -2.00. The zero-order valence-corrected chi connectivity index (χ0v) is 12.2. The van der Waals surface area contributed by atoms with E-state index in [1.54, 1.807) is 6.07 Å². The van der Waals surface area contributed by atoms with E-state index in [-0.39, 0.29) is 11.5 Å². The number of carbonyl (C=O) groups is 1. The van der Waals surface area contributed by atoms with Crippen LogP contribution in [-0.4, -0.2) is 5.78 Å². The van der Waals surface area contributed by atoms with Gasteiger partial charge in [-0.05, 0) is 59.3 Å². The summed E-state index contributed by atoms with van der Waals surface area (Å²) in [5, 5.41) is 0.881. The van der Waals surface area contributed by atoms with E-state index in [2.05, 4.69) is 15.9 Å². The van der Waals surface area contributed by atoms with Gasteiger partial charge < -0.3 is 4.42 Å². The molecule has 3 rings (SSSR count). The Labute approximate surface area is 123 Å². The molecule has 0 amide bonds. The molecular formula is C16H10BrFO2. The molecule has 0 bridgehead atoms. The number of furan rings is 1. The maximum absolute atomic E-state index is 13.1. The number of hydrogen-bond acceptors (Lipinski definition) is 2. The van der Waals surface area contributed by atoms with Crippen LogP contribution in [0.3, 0.4) is 0 Å². The minimum Gasteiger partial charge on any atom is -0.453 e. The van der Waals surface area contributed by atoms with Gasteiger partial charge in [-0.15, -0.1) is 0 Å². The molecule has 0 saturated heterocycles. The number of ketones is 1. The molecule has 0 atom stereocenters. The summed E-state index contributed by atoms with van der Waals surface area (Å²) in [6.07, 6.45) is 0. The molecule has 3 aromatic rings. The highest BCUT2D eigenvalue weighted by Gasteiger charge is 2.17. The van der Waals surface area contributed by atoms with E-state index in [0.717, 1.165) is 10.9 Å². The van der Waals surface area contributed by atoms with Gasteiger partial charge in [0.2, 0.25) is 5.78 Å². The van der Waals surface area contributed by atoms with Crippen molar-refractivity contribution in [3.63, 3.8) is 0 Å². The number of halogens is 2. The topological polar surface area (TPSA) is 30.2 Å². The monoisotopic (exact) mass is 332 g/mol. The Morgan fingerprint density at radius 1 is 1.15 bits per heavy atom. The van der Waals surface area contributed by atoms with Gasteiger partial charge in [0.05, 0.1) is 0 Å². The molecule has 4 heteroatoms. The van der Waals surface area contributed by atoms with Crippen molar-refractivity contribution in [1.29, 1.82) is 0 Å². The van der Waals surface area contributed by atoms with E-state index >= 15 is 0 Å². The van der Waals surface area contributed by atoms with Crippen LogP contribution in [0.15, 0.2) is 51.4 Å². The summed E-state index contributed by atoms with van der Waals surface area (Å²) in [6.45, 7) is 1.98. The van der Waals surface area contributed by atoms with Gasteiger partial charge in [-0.2, -0.15) is 0 Å². The Balaban J connectivity index is 2.08. The van der Waals surface area contributed by atoms with Crippen molar-refractivity contribution < 1.29 is 13.6 Å². The molecule has 2 aromatic carbocycles. The number of rotatable bonds is 2. The Hall–Kier alpha value is -1.94. The third-order valence-corrected chi connectivity index (χ3v) is 3.73. The lowest BCUT2D eigenvalue weighted by atomic mass is 10.1. The lowest BCUT2D eigenvalue weighted by Crippen LogP contribution is -2.00. The van der Waals surface area contributed by atoms with Crippen molar-refractivity contribution in [3.05, 3.63) is 69.6 Å². The molecule has 20 heavy (non-hydrogen) atoms. The summed E-state index contributed by atoms with van der Waals surface area (Å²) >= 11 is 3.20. The highest BCUT2D eigenvalue weighted by Crippen LogP contribution is 2.26. The largest absolute Gasteiger partial charge is 0.453 e. The van der Waals surface area contributed by atoms with Gasteiger partial charge >= 0.3 is 0 Å². The fourth-order valence-electron chi connectivity index (χ4n) is 2.08. The Kier molecular flexibility index (Phi) is 3.18. The number of aryl methyl sites for hydroxylation is 1. The third-order valence-electron chi connectivity index (χ3n) is 3.07. The number of benzene rings is 2. The first-order valence-corrected chi connectivity index (χ1v) is 6.84. The summed E-state index contributed by atoms with van der Waals surface area (Å²) < 4.78 is 19.0. The first kappa shape index (κ1) is 13.1. The van der Waals surface area contributed by atoms with Crippen molar-refractivity contribution in [3.8, 4) is 0 Å². The average Bonchev–Trinajstić information content (AvgIpc) is 2.81. The quantitative estimate of drug-likeness (QED) is 0.626. The lowest BCUT2D eigenvalue weighted by molar-refractivity contribution is 0.101. The fraction of sp³-hybridized carbons (Fsp3) is 0.0625. The van der Waals surface area contributed by atoms with Crippen molar-refractivity contribution in [2.75, 3.05) is 0 Å². The molecule has 0 spiro atoms. The molecule has 1 aromatic heterocycles. The van der Waals surface area contributed by atoms with Crippen LogP contribution in [-0.2, 0) is 0 Å². The molecule has 0 aliphatic rings. The minimum absolute atomic E-state index is 0.248. The van der Waals surface area contributed by atoms with Gasteiger partial charge in [-0.1, -0.05) is 11.6 Å². The third kappa shape index (κ3) is 2.27. The second-order valence-electron chi connectivity index (χ2n) is 4.61. The molecule has 0 aliphatic carbocycles. The molecule has 100 valence electrons. The maximum atomic E-state index is 13.1. The summed E-state index contributed by atoms with van der Waals surface area (Å²) in [7, 11) is 0. The normalized spacial score (nSPS) is 10.9. The van der Waals surface area contributed by atoms with Gasteiger partial charge in [0.15, 0.2) is 5.76 Å². The van der Waals surface area contributed by atoms with Crippen LogP contribution in [0.25, 0.3) is 11.0 Å². The van der Waals surface area contributed by atoms with Crippen LogP contribution < -0.4 is 0 Å². The summed E-state index contributed by atoms with van der Waals surface area (Å²) in [6, 6.07) is 11.4. The van der Waals surface area contributed by atoms with Crippen LogP contribution in [0, 0.1) is 12.7 Å². The second kappa shape index (κ2) is 4.87. The van der Waals surface area contributed by atoms with Gasteiger partial charge in [0, 0.05) is 15.4 Å². The first-order chi connectivity index (χ1) is 9.54. The summed E-state index contributed by atoms with van der Waals surface area (Å²) in [4.78, 5) is 12.4. The number of fused-ring (bicyclic) bond motifs is 1. The van der Waals surface area contributed by atoms with Gasteiger partial charge in [-0.25, -0.2) is 4.39 Å². The van der Waals surface area contributed by atoms with E-state index in [1.807, 2.05) is 25.1 Å². The van der Waals surface area contributed by atoms with Gasteiger partial charge in [0.25, 0.3) is 0 Å². The van der Waals surface area contributed by atoms with Crippen molar-refractivity contribution >= 4 is 32.7 Å². The summed E-state index contributed by atoms with van der Waals surface area (Å²) in [5.74, 6) is -0.419. The maximum Gasteiger partial charge on any atom is 0.229 e. The minimum atomic E-state index is -0.395. The Morgan fingerprint density at radius 3 is 2.70 bits per heavy atom. The SMILES string of the molecule is Cc1ccc2oc(C(=O)c3ccc(F)cc3Br)cc2c1. The molecule has 0 aliphatic heterocycles. The predicted molar refractivity (Wildman–Crippen MR) is 78.5 cm³/mol. The zero-order valence-electron chi connectivity index (χ0n) is 10.6. The Morgan fingerprint density at radius 2 is 1.95 bits per heavy atom. The predicted octanol–water partition coefficient (Wildman–Crippen LogP) is 4.87. The highest BCUT2D eigenvalue weighted by molar-refractivity contribution is 9.10. The van der Waals surface area contributed by atoms with Crippen LogP contribution in [0.2, 0.25) is 0 Å². The number of hydrogen-bond donors (Lipinski definition) is 0. The standard InChI is InChI=1S/C16H10BrFO2/c1-9-2-5-14-10(6-9)7-15(20-14)16(19)12-4-3-11(18)8-13(12)17/h2-8H,1H3. The molecule has 2 nitrogen and oxygen atoms in total. The molecular weight excluding hydrogens is 323 g/mol. The average molecular weight is 333 g/mol. The van der Waals surface area contributed by atoms with Crippen LogP contribution >= 0.6 is 15.9 Å². The van der Waals surface area contributed by atoms with Crippen LogP contribution in [0.1, 0.15) is 21.7 Å². The van der Waals surface area contributed by atoms with E-state index in [4.69, 9.17) is 4.42 Å². The van der Waals surface area contributed by atoms with Gasteiger partial charge in [-0.3, -0.25) is 4.79 Å². The molecule has 0 saturated carbocycles. The molecule has 1 heterocycles. The van der Waals surface area contributed by atoms with Crippen molar-refractivity contribution in [2.24, 2.45) is 0 Å². The molecule has 0 N–H and O–H groups in total. The molecule has 0 radical (unpaired) electrons. The van der Waals surface area contributed by atoms with E-state index in [9.17, 15) is 9.18 Å². The van der Waals surface area contributed by atoms with Crippen LogP contribution in [0.5, 0.6) is 0 Å². The Bertz CT molecular complexity index is 820. The van der Waals surface area contributed by atoms with Crippen molar-refractivity contribution in [2.45, 2.75) is 6.92 Å². The smallest absolute Gasteiger partial charge is 0.229 e. The number of carbonyl (C=O) groups excluding carboxylic acids is 1. The second-order valence-corrected chi connectivity index (χ2v) is 5.46. The zero-order chi connectivity index (χ0) is 14.3. The fourth-order valence-corrected chi connectivity index (χ4v) is 2.61. The van der Waals surface area contributed by atoms with E-state index in [1.165, 1.54) is 18.2 Å². The van der Waals surface area contributed by atoms with Crippen molar-refractivity contribution in [1.82, 2.24) is 0 Å². The summed E-state index contributed by atoms with van der Waals surface area (Å²) in [5.41, 5.74) is 2.14. The van der Waals surface area contributed by atoms with Gasteiger partial charge in [0.1, 0.15) is 11.4 Å². The first-order valence-electron chi connectivity index (χ1n) is 6.04.